The Kier molecular flexibility index (Phi) is 7.48. The van der Waals surface area contributed by atoms with Gasteiger partial charge in [-0.05, 0) is 43.7 Å². The molecule has 0 aliphatic carbocycles. The number of hydrogen-bond donors (Lipinski definition) is 2. The maximum Gasteiger partial charge on any atom is 0.338 e. The Labute approximate surface area is 173 Å². The molecule has 0 radical (unpaired) electrons. The van der Waals surface area contributed by atoms with Crippen LogP contribution < -0.4 is 10.0 Å². The predicted molar refractivity (Wildman–Crippen MR) is 111 cm³/mol. The number of benzene rings is 2. The minimum Gasteiger partial charge on any atom is -0.449 e. The topological polar surface area (TPSA) is 145 Å². The van der Waals surface area contributed by atoms with Crippen LogP contribution in [0.25, 0.3) is 0 Å². The first-order chi connectivity index (χ1) is 14.1. The third-order valence-corrected chi connectivity index (χ3v) is 5.34. The molecule has 0 aliphatic rings. The van der Waals surface area contributed by atoms with Crippen molar-refractivity contribution >= 4 is 39.0 Å². The summed E-state index contributed by atoms with van der Waals surface area (Å²) in [5, 5.41) is 13.1. The van der Waals surface area contributed by atoms with Crippen LogP contribution in [-0.4, -0.2) is 37.1 Å². The first-order valence-electron chi connectivity index (χ1n) is 8.98. The average molecular weight is 435 g/mol. The van der Waals surface area contributed by atoms with Crippen LogP contribution in [0.15, 0.2) is 48.5 Å². The zero-order chi connectivity index (χ0) is 22.3. The van der Waals surface area contributed by atoms with Crippen molar-refractivity contribution in [3.63, 3.8) is 0 Å². The maximum atomic E-state index is 12.3. The number of esters is 1. The number of anilines is 2. The molecular formula is C19H21N3O7S. The van der Waals surface area contributed by atoms with Crippen LogP contribution in [0.2, 0.25) is 0 Å². The van der Waals surface area contributed by atoms with Crippen molar-refractivity contribution in [1.29, 1.82) is 0 Å². The van der Waals surface area contributed by atoms with Crippen molar-refractivity contribution in [2.45, 2.75) is 26.4 Å². The van der Waals surface area contributed by atoms with Crippen LogP contribution in [0.3, 0.4) is 0 Å². The summed E-state index contributed by atoms with van der Waals surface area (Å²) in [6.07, 6.45) is -0.716. The Morgan fingerprint density at radius 2 is 1.80 bits per heavy atom. The fourth-order valence-corrected chi connectivity index (χ4v) is 3.53. The molecule has 11 heteroatoms. The zero-order valence-electron chi connectivity index (χ0n) is 16.3. The number of ether oxygens (including phenoxy) is 1. The number of nitrogens with zero attached hydrogens (tertiary/aromatic N) is 1. The van der Waals surface area contributed by atoms with Crippen LogP contribution in [0.1, 0.15) is 30.6 Å². The normalized spacial score (nSPS) is 11.9. The molecule has 2 rings (SSSR count). The van der Waals surface area contributed by atoms with Crippen molar-refractivity contribution in [2.75, 3.05) is 15.8 Å². The van der Waals surface area contributed by atoms with Gasteiger partial charge in [0.25, 0.3) is 11.6 Å². The van der Waals surface area contributed by atoms with Crippen LogP contribution in [-0.2, 0) is 19.6 Å². The first-order valence-corrected chi connectivity index (χ1v) is 10.6. The summed E-state index contributed by atoms with van der Waals surface area (Å²) in [7, 11) is -3.52. The molecule has 0 heterocycles. The molecule has 30 heavy (non-hydrogen) atoms. The molecule has 0 fully saturated rings. The summed E-state index contributed by atoms with van der Waals surface area (Å²) < 4.78 is 31.2. The highest BCUT2D eigenvalue weighted by atomic mass is 32.2. The lowest BCUT2D eigenvalue weighted by Gasteiger charge is -2.14. The summed E-state index contributed by atoms with van der Waals surface area (Å²) in [6, 6.07) is 10.9. The fourth-order valence-electron chi connectivity index (χ4n) is 2.40. The van der Waals surface area contributed by atoms with Gasteiger partial charge in [-0.2, -0.15) is 0 Å². The first kappa shape index (κ1) is 22.8. The van der Waals surface area contributed by atoms with E-state index in [9.17, 15) is 28.1 Å². The molecule has 0 spiro atoms. The van der Waals surface area contributed by atoms with Gasteiger partial charge in [0.05, 0.1) is 16.2 Å². The number of nitro benzene ring substituents is 1. The lowest BCUT2D eigenvalue weighted by molar-refractivity contribution is -0.384. The molecule has 160 valence electrons. The molecule has 0 aliphatic heterocycles. The predicted octanol–water partition coefficient (Wildman–Crippen LogP) is 2.93. The Bertz CT molecular complexity index is 1040. The molecule has 0 saturated heterocycles. The number of carbonyl (C=O) groups excluding carboxylic acids is 2. The van der Waals surface area contributed by atoms with E-state index in [-0.39, 0.29) is 22.7 Å². The third kappa shape index (κ3) is 6.55. The highest BCUT2D eigenvalue weighted by molar-refractivity contribution is 7.92. The Morgan fingerprint density at radius 3 is 2.40 bits per heavy atom. The van der Waals surface area contributed by atoms with Crippen LogP contribution in [0.4, 0.5) is 17.1 Å². The largest absolute Gasteiger partial charge is 0.449 e. The number of nitrogens with one attached hydrogen (secondary N) is 2. The van der Waals surface area contributed by atoms with Crippen molar-refractivity contribution in [2.24, 2.45) is 0 Å². The minimum atomic E-state index is -3.52. The average Bonchev–Trinajstić information content (AvgIpc) is 2.68. The van der Waals surface area contributed by atoms with E-state index in [0.717, 1.165) is 0 Å². The molecule has 2 N–H and O–H groups in total. The smallest absolute Gasteiger partial charge is 0.338 e. The van der Waals surface area contributed by atoms with Gasteiger partial charge in [-0.1, -0.05) is 13.0 Å². The van der Waals surface area contributed by atoms with Crippen molar-refractivity contribution < 1.29 is 27.7 Å². The fraction of sp³-hybridized carbons (Fsp3) is 0.263. The molecule has 1 atom stereocenters. The van der Waals surface area contributed by atoms with Crippen LogP contribution in [0, 0.1) is 10.1 Å². The molecule has 1 amide bonds. The highest BCUT2D eigenvalue weighted by Gasteiger charge is 2.20. The summed E-state index contributed by atoms with van der Waals surface area (Å²) in [6.45, 7) is 3.10. The summed E-state index contributed by atoms with van der Waals surface area (Å²) in [4.78, 5) is 34.6. The standard InChI is InChI=1S/C19H21N3O7S/c1-3-11-30(27,28)21-16-6-4-5-14(12-16)19(24)29-13(2)18(23)20-15-7-9-17(10-8-15)22(25)26/h4-10,12-13,21H,3,11H2,1-2H3,(H,20,23). The summed E-state index contributed by atoms with van der Waals surface area (Å²) >= 11 is 0. The zero-order valence-corrected chi connectivity index (χ0v) is 17.1. The monoisotopic (exact) mass is 435 g/mol. The molecule has 2 aromatic rings. The Hall–Kier alpha value is -3.47. The molecule has 10 nitrogen and oxygen atoms in total. The van der Waals surface area contributed by atoms with Gasteiger partial charge in [0.15, 0.2) is 6.10 Å². The van der Waals surface area contributed by atoms with E-state index in [1.807, 2.05) is 0 Å². The second-order valence-corrected chi connectivity index (χ2v) is 8.18. The van der Waals surface area contributed by atoms with Crippen molar-refractivity contribution in [1.82, 2.24) is 0 Å². The van der Waals surface area contributed by atoms with Gasteiger partial charge >= 0.3 is 5.97 Å². The van der Waals surface area contributed by atoms with E-state index < -0.39 is 32.9 Å². The quantitative estimate of drug-likeness (QED) is 0.350. The Morgan fingerprint density at radius 1 is 1.13 bits per heavy atom. The minimum absolute atomic E-state index is 0.0540. The van der Waals surface area contributed by atoms with E-state index in [1.54, 1.807) is 6.92 Å². The summed E-state index contributed by atoms with van der Waals surface area (Å²) in [5.41, 5.74) is 0.463. The highest BCUT2D eigenvalue weighted by Crippen LogP contribution is 2.17. The Balaban J connectivity index is 2.00. The van der Waals surface area contributed by atoms with Crippen molar-refractivity contribution in [3.8, 4) is 0 Å². The third-order valence-electron chi connectivity index (χ3n) is 3.84. The van der Waals surface area contributed by atoms with E-state index in [2.05, 4.69) is 10.0 Å². The number of carbonyl (C=O) groups is 2. The van der Waals surface area contributed by atoms with Gasteiger partial charge in [-0.3, -0.25) is 19.6 Å². The second kappa shape index (κ2) is 9.83. The van der Waals surface area contributed by atoms with E-state index >= 15 is 0 Å². The van der Waals surface area contributed by atoms with Gasteiger partial charge in [0.2, 0.25) is 10.0 Å². The molecular weight excluding hydrogens is 414 g/mol. The molecule has 1 unspecified atom stereocenters. The number of non-ortho nitro benzene ring substituents is 1. The van der Waals surface area contributed by atoms with Gasteiger partial charge in [0, 0.05) is 23.5 Å². The number of nitro groups is 1. The second-order valence-electron chi connectivity index (χ2n) is 6.34. The lowest BCUT2D eigenvalue weighted by atomic mass is 10.2. The number of sulfonamides is 1. The van der Waals surface area contributed by atoms with Crippen LogP contribution in [0.5, 0.6) is 0 Å². The van der Waals surface area contributed by atoms with Gasteiger partial charge < -0.3 is 10.1 Å². The molecule has 0 saturated carbocycles. The molecule has 0 bridgehead atoms. The van der Waals surface area contributed by atoms with E-state index in [1.165, 1.54) is 55.5 Å². The molecule has 2 aromatic carbocycles. The van der Waals surface area contributed by atoms with Gasteiger partial charge in [0.1, 0.15) is 0 Å². The van der Waals surface area contributed by atoms with E-state index in [4.69, 9.17) is 4.74 Å². The van der Waals surface area contributed by atoms with Gasteiger partial charge in [-0.15, -0.1) is 0 Å². The van der Waals surface area contributed by atoms with E-state index in [0.29, 0.717) is 12.1 Å². The number of amides is 1. The van der Waals surface area contributed by atoms with Crippen LogP contribution >= 0.6 is 0 Å². The lowest BCUT2D eigenvalue weighted by Crippen LogP contribution is -2.30. The number of rotatable bonds is 9. The summed E-state index contributed by atoms with van der Waals surface area (Å²) in [5.74, 6) is -1.49. The SMILES string of the molecule is CCCS(=O)(=O)Nc1cccc(C(=O)OC(C)C(=O)Nc2ccc([N+](=O)[O-])cc2)c1. The van der Waals surface area contributed by atoms with Crippen molar-refractivity contribution in [3.05, 3.63) is 64.2 Å². The van der Waals surface area contributed by atoms with Gasteiger partial charge in [-0.25, -0.2) is 13.2 Å². The maximum absolute atomic E-state index is 12.3. The molecule has 0 aromatic heterocycles. The number of hydrogen-bond acceptors (Lipinski definition) is 7.